The molecule has 1 N–H and O–H groups in total. The average molecular weight is 470 g/mol. The lowest BCUT2D eigenvalue weighted by atomic mass is 10.2. The standard InChI is InChI=1S/C18H18BrClN4O2S/c1-10(2)24-17(13-6-7-26-11(13)3)22-23-18(24)27-9-16(25)21-15-5-4-12(19)8-14(15)20/h4-8,10H,9H2,1-3H3,(H,21,25). The molecular formula is C18H18BrClN4O2S. The molecule has 0 atom stereocenters. The second kappa shape index (κ2) is 8.50. The Morgan fingerprint density at radius 1 is 1.37 bits per heavy atom. The lowest BCUT2D eigenvalue weighted by molar-refractivity contribution is -0.113. The number of rotatable bonds is 6. The van der Waals surface area contributed by atoms with Gasteiger partial charge in [-0.05, 0) is 45.0 Å². The van der Waals surface area contributed by atoms with Crippen LogP contribution in [0.1, 0.15) is 25.6 Å². The molecule has 27 heavy (non-hydrogen) atoms. The number of hydrogen-bond donors (Lipinski definition) is 1. The maximum atomic E-state index is 12.3. The van der Waals surface area contributed by atoms with Gasteiger partial charge in [-0.3, -0.25) is 9.36 Å². The summed E-state index contributed by atoms with van der Waals surface area (Å²) in [6.07, 6.45) is 1.63. The van der Waals surface area contributed by atoms with Crippen molar-refractivity contribution in [1.29, 1.82) is 0 Å². The Morgan fingerprint density at radius 3 is 2.78 bits per heavy atom. The summed E-state index contributed by atoms with van der Waals surface area (Å²) in [6.45, 7) is 5.99. The summed E-state index contributed by atoms with van der Waals surface area (Å²) in [5.41, 5.74) is 1.47. The van der Waals surface area contributed by atoms with Crippen LogP contribution in [-0.2, 0) is 4.79 Å². The fraction of sp³-hybridized carbons (Fsp3) is 0.278. The number of furan rings is 1. The number of aromatic nitrogens is 3. The second-order valence-electron chi connectivity index (χ2n) is 6.12. The van der Waals surface area contributed by atoms with E-state index in [2.05, 4.69) is 31.4 Å². The first-order valence-corrected chi connectivity index (χ1v) is 10.4. The zero-order chi connectivity index (χ0) is 19.6. The van der Waals surface area contributed by atoms with Gasteiger partial charge < -0.3 is 9.73 Å². The van der Waals surface area contributed by atoms with Gasteiger partial charge in [-0.2, -0.15) is 0 Å². The molecule has 0 aliphatic carbocycles. The molecule has 0 unspecified atom stereocenters. The molecule has 2 heterocycles. The summed E-state index contributed by atoms with van der Waals surface area (Å²) >= 11 is 10.8. The van der Waals surface area contributed by atoms with Crippen LogP contribution in [0.25, 0.3) is 11.4 Å². The number of anilines is 1. The molecule has 0 aliphatic rings. The van der Waals surface area contributed by atoms with Crippen LogP contribution in [0.15, 0.2) is 44.6 Å². The van der Waals surface area contributed by atoms with E-state index in [9.17, 15) is 4.79 Å². The largest absolute Gasteiger partial charge is 0.469 e. The van der Waals surface area contributed by atoms with Crippen molar-refractivity contribution in [2.45, 2.75) is 32.0 Å². The van der Waals surface area contributed by atoms with Crippen LogP contribution in [0.5, 0.6) is 0 Å². The SMILES string of the molecule is Cc1occc1-c1nnc(SCC(=O)Nc2ccc(Br)cc2Cl)n1C(C)C. The van der Waals surface area contributed by atoms with Crippen molar-refractivity contribution in [2.24, 2.45) is 0 Å². The summed E-state index contributed by atoms with van der Waals surface area (Å²) in [4.78, 5) is 12.3. The predicted molar refractivity (Wildman–Crippen MR) is 111 cm³/mol. The third kappa shape index (κ3) is 4.56. The van der Waals surface area contributed by atoms with E-state index < -0.39 is 0 Å². The number of halogens is 2. The number of amides is 1. The summed E-state index contributed by atoms with van der Waals surface area (Å²) in [5, 5.41) is 12.5. The van der Waals surface area contributed by atoms with Gasteiger partial charge in [-0.1, -0.05) is 39.3 Å². The zero-order valence-electron chi connectivity index (χ0n) is 15.0. The fourth-order valence-corrected chi connectivity index (χ4v) is 4.14. The van der Waals surface area contributed by atoms with Crippen LogP contribution in [-0.4, -0.2) is 26.4 Å². The topological polar surface area (TPSA) is 72.9 Å². The van der Waals surface area contributed by atoms with Crippen molar-refractivity contribution in [3.63, 3.8) is 0 Å². The zero-order valence-corrected chi connectivity index (χ0v) is 18.2. The summed E-state index contributed by atoms with van der Waals surface area (Å²) in [5.74, 6) is 1.55. The third-order valence-electron chi connectivity index (χ3n) is 3.82. The predicted octanol–water partition coefficient (Wildman–Crippen LogP) is 5.57. The molecule has 0 fully saturated rings. The molecule has 0 saturated heterocycles. The van der Waals surface area contributed by atoms with Crippen LogP contribution in [0.4, 0.5) is 5.69 Å². The molecule has 0 aliphatic heterocycles. The van der Waals surface area contributed by atoms with Crippen LogP contribution >= 0.6 is 39.3 Å². The number of hydrogen-bond acceptors (Lipinski definition) is 5. The Hall–Kier alpha value is -1.77. The number of aryl methyl sites for hydroxylation is 1. The number of thioether (sulfide) groups is 1. The van der Waals surface area contributed by atoms with Crippen molar-refractivity contribution >= 4 is 50.9 Å². The monoisotopic (exact) mass is 468 g/mol. The number of carbonyl (C=O) groups is 1. The molecular weight excluding hydrogens is 452 g/mol. The minimum absolute atomic E-state index is 0.135. The van der Waals surface area contributed by atoms with E-state index in [1.54, 1.807) is 18.4 Å². The normalized spacial score (nSPS) is 11.2. The highest BCUT2D eigenvalue weighted by Gasteiger charge is 2.20. The molecule has 142 valence electrons. The molecule has 6 nitrogen and oxygen atoms in total. The third-order valence-corrected chi connectivity index (χ3v) is 5.57. The van der Waals surface area contributed by atoms with E-state index in [-0.39, 0.29) is 17.7 Å². The maximum absolute atomic E-state index is 12.3. The molecule has 0 spiro atoms. The smallest absolute Gasteiger partial charge is 0.234 e. The Labute approximate surface area is 174 Å². The lowest BCUT2D eigenvalue weighted by Gasteiger charge is -2.13. The lowest BCUT2D eigenvalue weighted by Crippen LogP contribution is -2.15. The van der Waals surface area contributed by atoms with Gasteiger partial charge in [-0.25, -0.2) is 0 Å². The van der Waals surface area contributed by atoms with Crippen molar-refractivity contribution in [3.8, 4) is 11.4 Å². The van der Waals surface area contributed by atoms with E-state index in [1.807, 2.05) is 37.5 Å². The van der Waals surface area contributed by atoms with Gasteiger partial charge in [0.2, 0.25) is 5.91 Å². The molecule has 2 aromatic heterocycles. The number of carbonyl (C=O) groups excluding carboxylic acids is 1. The molecule has 3 aromatic rings. The van der Waals surface area contributed by atoms with Crippen molar-refractivity contribution in [2.75, 3.05) is 11.1 Å². The first-order valence-electron chi connectivity index (χ1n) is 8.24. The number of nitrogens with zero attached hydrogens (tertiary/aromatic N) is 3. The Morgan fingerprint density at radius 2 is 2.15 bits per heavy atom. The van der Waals surface area contributed by atoms with Gasteiger partial charge in [0, 0.05) is 10.5 Å². The van der Waals surface area contributed by atoms with Gasteiger partial charge >= 0.3 is 0 Å². The summed E-state index contributed by atoms with van der Waals surface area (Å²) in [7, 11) is 0. The molecule has 3 rings (SSSR count). The highest BCUT2D eigenvalue weighted by atomic mass is 79.9. The summed E-state index contributed by atoms with van der Waals surface area (Å²) in [6, 6.07) is 7.32. The average Bonchev–Trinajstić information content (AvgIpc) is 3.21. The van der Waals surface area contributed by atoms with Gasteiger partial charge in [0.25, 0.3) is 0 Å². The Bertz CT molecular complexity index is 970. The highest BCUT2D eigenvalue weighted by molar-refractivity contribution is 9.10. The van der Waals surface area contributed by atoms with E-state index >= 15 is 0 Å². The second-order valence-corrected chi connectivity index (χ2v) is 8.39. The van der Waals surface area contributed by atoms with Crippen molar-refractivity contribution in [1.82, 2.24) is 14.8 Å². The minimum atomic E-state index is -0.163. The summed E-state index contributed by atoms with van der Waals surface area (Å²) < 4.78 is 8.24. The van der Waals surface area contributed by atoms with Gasteiger partial charge in [0.05, 0.1) is 28.3 Å². The van der Waals surface area contributed by atoms with Crippen LogP contribution < -0.4 is 5.32 Å². The number of nitrogens with one attached hydrogen (secondary N) is 1. The molecule has 0 saturated carbocycles. The first-order chi connectivity index (χ1) is 12.9. The van der Waals surface area contributed by atoms with E-state index in [0.29, 0.717) is 15.9 Å². The van der Waals surface area contributed by atoms with Crippen LogP contribution in [0.2, 0.25) is 5.02 Å². The molecule has 1 aromatic carbocycles. The van der Waals surface area contributed by atoms with Crippen LogP contribution in [0.3, 0.4) is 0 Å². The molecule has 0 bridgehead atoms. The fourth-order valence-electron chi connectivity index (χ4n) is 2.55. The molecule has 0 radical (unpaired) electrons. The van der Waals surface area contributed by atoms with Gasteiger partial charge in [-0.15, -0.1) is 10.2 Å². The molecule has 9 heteroatoms. The van der Waals surface area contributed by atoms with Crippen LogP contribution in [0, 0.1) is 6.92 Å². The first kappa shape index (κ1) is 20.0. The van der Waals surface area contributed by atoms with E-state index in [1.165, 1.54) is 11.8 Å². The Kier molecular flexibility index (Phi) is 6.29. The van der Waals surface area contributed by atoms with Gasteiger partial charge in [0.15, 0.2) is 11.0 Å². The van der Waals surface area contributed by atoms with Crippen molar-refractivity contribution < 1.29 is 9.21 Å². The maximum Gasteiger partial charge on any atom is 0.234 e. The molecule has 1 amide bonds. The Balaban J connectivity index is 1.73. The quantitative estimate of drug-likeness (QED) is 0.477. The highest BCUT2D eigenvalue weighted by Crippen LogP contribution is 2.30. The van der Waals surface area contributed by atoms with Gasteiger partial charge in [0.1, 0.15) is 5.76 Å². The van der Waals surface area contributed by atoms with E-state index in [0.717, 1.165) is 21.6 Å². The number of benzene rings is 1. The van der Waals surface area contributed by atoms with E-state index in [4.69, 9.17) is 16.0 Å². The minimum Gasteiger partial charge on any atom is -0.469 e. The van der Waals surface area contributed by atoms with Crippen molar-refractivity contribution in [3.05, 3.63) is 45.8 Å².